The van der Waals surface area contributed by atoms with Gasteiger partial charge in [-0.25, -0.2) is 4.98 Å². The van der Waals surface area contributed by atoms with Crippen LogP contribution in [0.25, 0.3) is 11.0 Å². The van der Waals surface area contributed by atoms with Crippen LogP contribution < -0.4 is 9.55 Å². The monoisotopic (exact) mass is 525 g/mol. The predicted molar refractivity (Wildman–Crippen MR) is 151 cm³/mol. The van der Waals surface area contributed by atoms with Crippen molar-refractivity contribution in [3.8, 4) is 0 Å². The largest absolute Gasteiger partial charge is 0.343 e. The van der Waals surface area contributed by atoms with Crippen molar-refractivity contribution in [1.29, 1.82) is 0 Å². The molecular weight excluding hydrogens is 484 g/mol. The highest BCUT2D eigenvalue weighted by molar-refractivity contribution is 7.86. The van der Waals surface area contributed by atoms with Crippen LogP contribution in [0, 0.1) is 6.92 Å². The summed E-state index contributed by atoms with van der Waals surface area (Å²) in [7, 11) is -4.07. The molecule has 7 nitrogen and oxygen atoms in total. The van der Waals surface area contributed by atoms with Gasteiger partial charge >= 0.3 is 15.9 Å². The van der Waals surface area contributed by atoms with Crippen molar-refractivity contribution in [2.75, 3.05) is 18.0 Å². The van der Waals surface area contributed by atoms with E-state index in [1.807, 2.05) is 31.2 Å². The van der Waals surface area contributed by atoms with Crippen LogP contribution in [0.4, 0.5) is 11.6 Å². The molecule has 0 saturated carbocycles. The summed E-state index contributed by atoms with van der Waals surface area (Å²) in [5.74, 6) is 1.33. The third kappa shape index (κ3) is 5.81. The first-order valence-corrected chi connectivity index (χ1v) is 15.2. The van der Waals surface area contributed by atoms with Gasteiger partial charge in [0, 0.05) is 19.9 Å². The van der Waals surface area contributed by atoms with Crippen molar-refractivity contribution in [3.63, 3.8) is 0 Å². The zero-order valence-corrected chi connectivity index (χ0v) is 23.5. The van der Waals surface area contributed by atoms with E-state index < -0.39 is 10.1 Å². The molecule has 37 heavy (non-hydrogen) atoms. The lowest BCUT2D eigenvalue weighted by molar-refractivity contribution is -0.0685. The number of aryl methyl sites for hydroxylation is 1. The lowest BCUT2D eigenvalue weighted by Crippen LogP contribution is -2.59. The topological polar surface area (TPSA) is 72.4 Å². The standard InChI is InChI=1S/C29H41N4O3S/c1-5-7-9-13-21-32-24(4)33(22-14-10-8-6-2,36-37(34,35)25-19-17-23(3)18-20-25)29-28(32)30-26-15-11-12-16-27(26)31-29/h11-12,15-20,24H,5-10,13-14,21-22H2,1-4H3/q+1. The van der Waals surface area contributed by atoms with Gasteiger partial charge in [-0.3, -0.25) is 4.90 Å². The van der Waals surface area contributed by atoms with E-state index in [4.69, 9.17) is 14.3 Å². The summed E-state index contributed by atoms with van der Waals surface area (Å²) in [5.41, 5.74) is 2.55. The average Bonchev–Trinajstić information content (AvgIpc) is 3.09. The smallest absolute Gasteiger partial charge is 0.298 e. The molecule has 2 atom stereocenters. The van der Waals surface area contributed by atoms with Crippen LogP contribution in [-0.2, 0) is 14.4 Å². The minimum atomic E-state index is -4.07. The average molecular weight is 526 g/mol. The van der Waals surface area contributed by atoms with Crippen LogP contribution in [0.3, 0.4) is 0 Å². The van der Waals surface area contributed by atoms with Crippen LogP contribution in [0.1, 0.15) is 77.7 Å². The first-order chi connectivity index (χ1) is 17.8. The van der Waals surface area contributed by atoms with Crippen molar-refractivity contribution < 1.29 is 12.7 Å². The maximum atomic E-state index is 13.7. The van der Waals surface area contributed by atoms with E-state index in [2.05, 4.69) is 25.7 Å². The molecule has 200 valence electrons. The van der Waals surface area contributed by atoms with Crippen LogP contribution in [0.15, 0.2) is 53.4 Å². The molecule has 0 amide bonds. The normalized spacial score (nSPS) is 19.5. The molecule has 1 aliphatic heterocycles. The molecule has 0 N–H and O–H groups in total. The van der Waals surface area contributed by atoms with Crippen LogP contribution in [-0.4, -0.2) is 37.6 Å². The number of quaternary nitrogens is 1. The van der Waals surface area contributed by atoms with Gasteiger partial charge < -0.3 is 0 Å². The van der Waals surface area contributed by atoms with E-state index in [9.17, 15) is 8.42 Å². The van der Waals surface area contributed by atoms with Gasteiger partial charge in [0.1, 0.15) is 6.54 Å². The van der Waals surface area contributed by atoms with Crippen molar-refractivity contribution in [3.05, 3.63) is 54.1 Å². The second-order valence-electron chi connectivity index (χ2n) is 10.2. The number of hydrogen-bond donors (Lipinski definition) is 0. The number of unbranched alkanes of at least 4 members (excludes halogenated alkanes) is 6. The maximum absolute atomic E-state index is 13.7. The SMILES string of the molecule is CCCCCCN1c2nc3ccccc3nc2[N+](CCCCCC)(OS(=O)(=O)c2ccc(C)cc2)C1C. The summed E-state index contributed by atoms with van der Waals surface area (Å²) in [6, 6.07) is 14.6. The summed E-state index contributed by atoms with van der Waals surface area (Å²) in [4.78, 5) is 12.4. The molecule has 0 fully saturated rings. The molecule has 2 aromatic carbocycles. The van der Waals surface area contributed by atoms with E-state index in [1.165, 1.54) is 6.42 Å². The quantitative estimate of drug-likeness (QED) is 0.179. The van der Waals surface area contributed by atoms with E-state index in [-0.39, 0.29) is 15.7 Å². The second kappa shape index (κ2) is 11.9. The van der Waals surface area contributed by atoms with Gasteiger partial charge in [-0.05, 0) is 44.0 Å². The lowest BCUT2D eigenvalue weighted by Gasteiger charge is -2.35. The molecule has 0 aliphatic carbocycles. The zero-order valence-electron chi connectivity index (χ0n) is 22.7. The summed E-state index contributed by atoms with van der Waals surface area (Å²) in [6.07, 6.45) is 8.21. The number of benzene rings is 2. The first-order valence-electron chi connectivity index (χ1n) is 13.8. The fourth-order valence-corrected chi connectivity index (χ4v) is 6.31. The zero-order chi connectivity index (χ0) is 26.5. The van der Waals surface area contributed by atoms with E-state index in [1.54, 1.807) is 24.3 Å². The highest BCUT2D eigenvalue weighted by Gasteiger charge is 2.56. The van der Waals surface area contributed by atoms with Gasteiger partial charge in [0.25, 0.3) is 0 Å². The number of hydrogen-bond acceptors (Lipinski definition) is 6. The Bertz CT molecular complexity index is 1300. The van der Waals surface area contributed by atoms with Crippen LogP contribution in [0.5, 0.6) is 0 Å². The first kappa shape index (κ1) is 27.5. The molecule has 8 heteroatoms. The number of anilines is 1. The van der Waals surface area contributed by atoms with E-state index in [0.29, 0.717) is 12.4 Å². The van der Waals surface area contributed by atoms with Gasteiger partial charge in [-0.1, -0.05) is 84.7 Å². The molecule has 0 spiro atoms. The molecule has 0 radical (unpaired) electrons. The minimum Gasteiger partial charge on any atom is -0.298 e. The molecule has 2 heterocycles. The number of rotatable bonds is 13. The summed E-state index contributed by atoms with van der Waals surface area (Å²) < 4.78 is 33.5. The third-order valence-corrected chi connectivity index (χ3v) is 8.67. The van der Waals surface area contributed by atoms with E-state index in [0.717, 1.165) is 73.9 Å². The van der Waals surface area contributed by atoms with Gasteiger partial charge in [0.2, 0.25) is 12.0 Å². The van der Waals surface area contributed by atoms with Crippen molar-refractivity contribution in [2.45, 2.75) is 90.1 Å². The number of hydroxylamine groups is 2. The Morgan fingerprint density at radius 3 is 2.14 bits per heavy atom. The Morgan fingerprint density at radius 1 is 0.865 bits per heavy atom. The van der Waals surface area contributed by atoms with E-state index >= 15 is 0 Å². The summed E-state index contributed by atoms with van der Waals surface area (Å²) >= 11 is 0. The Morgan fingerprint density at radius 2 is 1.49 bits per heavy atom. The third-order valence-electron chi connectivity index (χ3n) is 7.36. The Balaban J connectivity index is 1.81. The summed E-state index contributed by atoms with van der Waals surface area (Å²) in [5, 5.41) is 0. The highest BCUT2D eigenvalue weighted by Crippen LogP contribution is 2.45. The Kier molecular flexibility index (Phi) is 8.82. The lowest BCUT2D eigenvalue weighted by atomic mass is 10.2. The van der Waals surface area contributed by atoms with Crippen LogP contribution in [0.2, 0.25) is 0 Å². The molecule has 4 rings (SSSR count). The number of aromatic nitrogens is 2. The van der Waals surface area contributed by atoms with Crippen molar-refractivity contribution in [2.24, 2.45) is 0 Å². The fraction of sp³-hybridized carbons (Fsp3) is 0.517. The second-order valence-corrected chi connectivity index (χ2v) is 11.7. The van der Waals surface area contributed by atoms with Crippen molar-refractivity contribution in [1.82, 2.24) is 14.6 Å². The highest BCUT2D eigenvalue weighted by atomic mass is 32.2. The summed E-state index contributed by atoms with van der Waals surface area (Å²) in [6.45, 7) is 9.66. The number of nitrogens with zero attached hydrogens (tertiary/aromatic N) is 4. The Hall–Kier alpha value is -2.55. The molecule has 3 aromatic rings. The van der Waals surface area contributed by atoms with Gasteiger partial charge in [0.05, 0.1) is 15.9 Å². The van der Waals surface area contributed by atoms with Crippen LogP contribution >= 0.6 is 0 Å². The molecule has 2 unspecified atom stereocenters. The molecule has 1 aromatic heterocycles. The molecule has 0 bridgehead atoms. The van der Waals surface area contributed by atoms with Crippen molar-refractivity contribution >= 4 is 32.8 Å². The van der Waals surface area contributed by atoms with Gasteiger partial charge in [-0.2, -0.15) is 13.4 Å². The van der Waals surface area contributed by atoms with Gasteiger partial charge in [0.15, 0.2) is 0 Å². The molecule has 1 aliphatic rings. The maximum Gasteiger partial charge on any atom is 0.343 e. The Labute approximate surface area is 222 Å². The van der Waals surface area contributed by atoms with Gasteiger partial charge in [-0.15, -0.1) is 0 Å². The molecule has 0 saturated heterocycles. The minimum absolute atomic E-state index is 0.160. The number of fused-ring (bicyclic) bond motifs is 2. The predicted octanol–water partition coefficient (Wildman–Crippen LogP) is 6.89. The number of para-hydroxylation sites is 2. The fourth-order valence-electron chi connectivity index (χ4n) is 5.13. The molecular formula is C29H41N4O3S+.